The second-order valence-corrected chi connectivity index (χ2v) is 9.80. The van der Waals surface area contributed by atoms with Gasteiger partial charge in [0.1, 0.15) is 18.1 Å². The lowest BCUT2D eigenvalue weighted by Crippen LogP contribution is -2.58. The van der Waals surface area contributed by atoms with Crippen LogP contribution in [0.3, 0.4) is 0 Å². The van der Waals surface area contributed by atoms with E-state index in [9.17, 15) is 19.2 Å². The topological polar surface area (TPSA) is 166 Å². The number of carbonyl (C=O) groups excluding carboxylic acids is 3. The van der Waals surface area contributed by atoms with Crippen molar-refractivity contribution in [3.8, 4) is 0 Å². The van der Waals surface area contributed by atoms with Crippen LogP contribution in [0.25, 0.3) is 10.9 Å². The summed E-state index contributed by atoms with van der Waals surface area (Å²) in [4.78, 5) is 53.2. The number of amides is 3. The minimum Gasteiger partial charge on any atom is -0.480 e. The third kappa shape index (κ3) is 7.81. The number of para-hydroxylation sites is 1. The van der Waals surface area contributed by atoms with Crippen molar-refractivity contribution in [3.63, 3.8) is 0 Å². The number of hydrogen-bond acceptors (Lipinski definition) is 5. The fourth-order valence-corrected chi connectivity index (χ4v) is 3.93. The molecule has 1 aromatic carbocycles. The summed E-state index contributed by atoms with van der Waals surface area (Å²) in [6.07, 6.45) is 3.04. The van der Waals surface area contributed by atoms with Crippen LogP contribution < -0.4 is 21.7 Å². The molecular weight excluding hydrogens is 462 g/mol. The highest BCUT2D eigenvalue weighted by atomic mass is 16.4. The number of carbonyl (C=O) groups is 4. The van der Waals surface area contributed by atoms with Crippen LogP contribution in [-0.2, 0) is 25.6 Å². The average molecular weight is 502 g/mol. The molecule has 1 aromatic heterocycles. The molecule has 0 aliphatic rings. The van der Waals surface area contributed by atoms with E-state index in [2.05, 4.69) is 20.9 Å². The smallest absolute Gasteiger partial charge is 0.325 e. The Morgan fingerprint density at radius 3 is 2.25 bits per heavy atom. The zero-order chi connectivity index (χ0) is 27.0. The van der Waals surface area contributed by atoms with Crippen LogP contribution >= 0.6 is 0 Å². The van der Waals surface area contributed by atoms with Gasteiger partial charge in [-0.15, -0.1) is 0 Å². The summed E-state index contributed by atoms with van der Waals surface area (Å²) in [5.74, 6) is -2.92. The van der Waals surface area contributed by atoms with Crippen molar-refractivity contribution in [3.05, 3.63) is 36.0 Å². The summed E-state index contributed by atoms with van der Waals surface area (Å²) in [5.41, 5.74) is 8.05. The second-order valence-electron chi connectivity index (χ2n) is 9.80. The van der Waals surface area contributed by atoms with E-state index in [1.165, 1.54) is 6.92 Å². The molecule has 1 heterocycles. The number of nitrogens with one attached hydrogen (secondary N) is 4. The van der Waals surface area contributed by atoms with E-state index < -0.39 is 47.9 Å². The number of benzene rings is 1. The Labute approximate surface area is 211 Å². The zero-order valence-corrected chi connectivity index (χ0v) is 21.6. The summed E-state index contributed by atoms with van der Waals surface area (Å²) < 4.78 is 0. The summed E-state index contributed by atoms with van der Waals surface area (Å²) in [6.45, 7) is 8.86. The van der Waals surface area contributed by atoms with Crippen molar-refractivity contribution in [2.24, 2.45) is 17.6 Å². The van der Waals surface area contributed by atoms with Gasteiger partial charge in [-0.2, -0.15) is 0 Å². The highest BCUT2D eigenvalue weighted by molar-refractivity contribution is 5.94. The number of hydrogen-bond donors (Lipinski definition) is 6. The number of aromatic nitrogens is 1. The zero-order valence-electron chi connectivity index (χ0n) is 21.6. The van der Waals surface area contributed by atoms with Gasteiger partial charge >= 0.3 is 5.97 Å². The second kappa shape index (κ2) is 13.1. The van der Waals surface area contributed by atoms with Crippen LogP contribution in [0.15, 0.2) is 30.5 Å². The van der Waals surface area contributed by atoms with Crippen LogP contribution in [0.5, 0.6) is 0 Å². The molecule has 0 fully saturated rings. The van der Waals surface area contributed by atoms with Crippen molar-refractivity contribution in [1.29, 1.82) is 0 Å². The van der Waals surface area contributed by atoms with Crippen LogP contribution in [0, 0.1) is 11.8 Å². The van der Waals surface area contributed by atoms with Crippen molar-refractivity contribution in [2.75, 3.05) is 0 Å². The predicted octanol–water partition coefficient (Wildman–Crippen LogP) is 1.69. The van der Waals surface area contributed by atoms with Gasteiger partial charge < -0.3 is 31.8 Å². The molecule has 10 heteroatoms. The van der Waals surface area contributed by atoms with Crippen LogP contribution in [0.2, 0.25) is 0 Å². The fourth-order valence-electron chi connectivity index (χ4n) is 3.93. The minimum atomic E-state index is -1.17. The monoisotopic (exact) mass is 501 g/mol. The molecule has 0 radical (unpaired) electrons. The fraction of sp³-hybridized carbons (Fsp3) is 0.538. The summed E-state index contributed by atoms with van der Waals surface area (Å²) >= 11 is 0. The van der Waals surface area contributed by atoms with Gasteiger partial charge in [0.25, 0.3) is 0 Å². The molecule has 5 atom stereocenters. The van der Waals surface area contributed by atoms with Gasteiger partial charge in [0, 0.05) is 17.1 Å². The van der Waals surface area contributed by atoms with Gasteiger partial charge in [-0.25, -0.2) is 0 Å². The van der Waals surface area contributed by atoms with E-state index in [0.717, 1.165) is 16.5 Å². The van der Waals surface area contributed by atoms with Crippen molar-refractivity contribution in [1.82, 2.24) is 20.9 Å². The lowest BCUT2D eigenvalue weighted by Gasteiger charge is -2.28. The first-order valence-corrected chi connectivity index (χ1v) is 12.4. The number of carboxylic acid groups (broad SMARTS) is 1. The quantitative estimate of drug-likeness (QED) is 0.244. The molecule has 36 heavy (non-hydrogen) atoms. The molecular formula is C26H39N5O5. The summed E-state index contributed by atoms with van der Waals surface area (Å²) in [6, 6.07) is 3.89. The maximum absolute atomic E-state index is 13.2. The first-order valence-electron chi connectivity index (χ1n) is 12.4. The van der Waals surface area contributed by atoms with Gasteiger partial charge in [-0.05, 0) is 43.2 Å². The molecule has 0 aliphatic heterocycles. The molecule has 0 saturated carbocycles. The molecule has 0 bridgehead atoms. The standard InChI is InChI=1S/C26H39N5O5/c1-6-15(4)22(25(34)29-16(5)26(35)36)31-24(33)21(11-14(2)3)30-23(32)19(27)12-17-13-28-20-10-8-7-9-18(17)20/h7-10,13-16,19,21-22,28H,6,11-12,27H2,1-5H3,(H,29,34)(H,30,32)(H,31,33)(H,35,36). The largest absolute Gasteiger partial charge is 0.480 e. The van der Waals surface area contributed by atoms with E-state index in [4.69, 9.17) is 10.8 Å². The third-order valence-corrected chi connectivity index (χ3v) is 6.31. The third-order valence-electron chi connectivity index (χ3n) is 6.31. The van der Waals surface area contributed by atoms with Gasteiger partial charge in [0.15, 0.2) is 0 Å². The number of aromatic amines is 1. The predicted molar refractivity (Wildman–Crippen MR) is 138 cm³/mol. The molecule has 10 nitrogen and oxygen atoms in total. The molecule has 0 spiro atoms. The number of carboxylic acids is 1. The van der Waals surface area contributed by atoms with E-state index in [0.29, 0.717) is 12.8 Å². The van der Waals surface area contributed by atoms with Gasteiger partial charge in [-0.1, -0.05) is 52.3 Å². The number of aliphatic carboxylic acids is 1. The van der Waals surface area contributed by atoms with Crippen LogP contribution in [0.4, 0.5) is 0 Å². The van der Waals surface area contributed by atoms with Gasteiger partial charge in [0.05, 0.1) is 6.04 Å². The number of nitrogens with two attached hydrogens (primary N) is 1. The lowest BCUT2D eigenvalue weighted by atomic mass is 9.96. The highest BCUT2D eigenvalue weighted by Crippen LogP contribution is 2.19. The molecule has 198 valence electrons. The van der Waals surface area contributed by atoms with Gasteiger partial charge in [-0.3, -0.25) is 19.2 Å². The Balaban J connectivity index is 2.12. The molecule has 2 aromatic rings. The van der Waals surface area contributed by atoms with Crippen molar-refractivity contribution >= 4 is 34.6 Å². The Bertz CT molecular complexity index is 1070. The Hall–Kier alpha value is -3.40. The SMILES string of the molecule is CCC(C)C(NC(=O)C(CC(C)C)NC(=O)C(N)Cc1c[nH]c2ccccc12)C(=O)NC(C)C(=O)O. The molecule has 7 N–H and O–H groups in total. The van der Waals surface area contributed by atoms with Crippen LogP contribution in [0.1, 0.15) is 53.0 Å². The lowest BCUT2D eigenvalue weighted by molar-refractivity contribution is -0.142. The molecule has 0 aliphatic carbocycles. The van der Waals surface area contributed by atoms with Crippen molar-refractivity contribution in [2.45, 2.75) is 78.0 Å². The maximum Gasteiger partial charge on any atom is 0.325 e. The van der Waals surface area contributed by atoms with Crippen molar-refractivity contribution < 1.29 is 24.3 Å². The molecule has 5 unspecified atom stereocenters. The highest BCUT2D eigenvalue weighted by Gasteiger charge is 2.32. The Morgan fingerprint density at radius 2 is 1.64 bits per heavy atom. The summed E-state index contributed by atoms with van der Waals surface area (Å²) in [5, 5.41) is 18.0. The van der Waals surface area contributed by atoms with Crippen LogP contribution in [-0.4, -0.2) is 57.9 Å². The normalized spacial score (nSPS) is 15.5. The van der Waals surface area contributed by atoms with E-state index in [1.807, 2.05) is 51.2 Å². The maximum atomic E-state index is 13.2. The Morgan fingerprint density at radius 1 is 0.972 bits per heavy atom. The number of H-pyrrole nitrogens is 1. The Kier molecular flexibility index (Phi) is 10.5. The summed E-state index contributed by atoms with van der Waals surface area (Å²) in [7, 11) is 0. The van der Waals surface area contributed by atoms with E-state index >= 15 is 0 Å². The van der Waals surface area contributed by atoms with E-state index in [-0.39, 0.29) is 18.3 Å². The molecule has 2 rings (SSSR count). The molecule has 0 saturated heterocycles. The van der Waals surface area contributed by atoms with Gasteiger partial charge in [0.2, 0.25) is 17.7 Å². The minimum absolute atomic E-state index is 0.0776. The first-order chi connectivity index (χ1) is 16.9. The number of fused-ring (bicyclic) bond motifs is 1. The molecule has 3 amide bonds. The average Bonchev–Trinajstić information content (AvgIpc) is 3.23. The first kappa shape index (κ1) is 28.8. The number of rotatable bonds is 13. The van der Waals surface area contributed by atoms with E-state index in [1.54, 1.807) is 6.92 Å².